The highest BCUT2D eigenvalue weighted by molar-refractivity contribution is 5.65. The molecule has 2 aromatic rings. The molecule has 118 valence electrons. The summed E-state index contributed by atoms with van der Waals surface area (Å²) in [6.07, 6.45) is -0.493. The standard InChI is InChI=1S/C19H20N2O2/c20-13-15-2-1-3-18(12-15)16-4-6-17(7-5-16)19(22)14-21-8-10-23-11-9-21/h1-7,12,19,22H,8-11,14H2/t19-/m0/s1. The third kappa shape index (κ3) is 3.96. The summed E-state index contributed by atoms with van der Waals surface area (Å²) in [5.74, 6) is 0. The molecule has 0 aliphatic carbocycles. The van der Waals surface area contributed by atoms with Gasteiger partial charge in [0.25, 0.3) is 0 Å². The van der Waals surface area contributed by atoms with Crippen molar-refractivity contribution in [1.82, 2.24) is 4.90 Å². The third-order valence-corrected chi connectivity index (χ3v) is 4.16. The van der Waals surface area contributed by atoms with Crippen LogP contribution in [0.25, 0.3) is 11.1 Å². The van der Waals surface area contributed by atoms with Gasteiger partial charge in [0.1, 0.15) is 0 Å². The molecular weight excluding hydrogens is 288 g/mol. The SMILES string of the molecule is N#Cc1cccc(-c2ccc([C@@H](O)CN3CCOCC3)cc2)c1. The van der Waals surface area contributed by atoms with Crippen LogP contribution in [0.2, 0.25) is 0 Å². The first-order chi connectivity index (χ1) is 11.3. The summed E-state index contributed by atoms with van der Waals surface area (Å²) in [7, 11) is 0. The van der Waals surface area contributed by atoms with Crippen LogP contribution in [0.5, 0.6) is 0 Å². The Balaban J connectivity index is 1.69. The van der Waals surface area contributed by atoms with E-state index in [1.165, 1.54) is 0 Å². The summed E-state index contributed by atoms with van der Waals surface area (Å²) in [5, 5.41) is 19.4. The number of hydrogen-bond acceptors (Lipinski definition) is 4. The average Bonchev–Trinajstić information content (AvgIpc) is 2.63. The van der Waals surface area contributed by atoms with Gasteiger partial charge in [0.15, 0.2) is 0 Å². The average molecular weight is 308 g/mol. The van der Waals surface area contributed by atoms with Crippen molar-refractivity contribution in [2.45, 2.75) is 6.10 Å². The van der Waals surface area contributed by atoms with E-state index in [4.69, 9.17) is 10.00 Å². The molecule has 3 rings (SSSR count). The lowest BCUT2D eigenvalue weighted by Crippen LogP contribution is -2.38. The fourth-order valence-corrected chi connectivity index (χ4v) is 2.80. The summed E-state index contributed by atoms with van der Waals surface area (Å²) < 4.78 is 5.32. The highest BCUT2D eigenvalue weighted by Crippen LogP contribution is 2.23. The van der Waals surface area contributed by atoms with Gasteiger partial charge >= 0.3 is 0 Å². The molecule has 1 aliphatic heterocycles. The smallest absolute Gasteiger partial charge is 0.0991 e. The topological polar surface area (TPSA) is 56.5 Å². The van der Waals surface area contributed by atoms with Crippen molar-refractivity contribution in [2.24, 2.45) is 0 Å². The van der Waals surface area contributed by atoms with Gasteiger partial charge in [0.2, 0.25) is 0 Å². The molecule has 4 heteroatoms. The Bertz CT molecular complexity index is 685. The number of benzene rings is 2. The van der Waals surface area contributed by atoms with Crippen molar-refractivity contribution in [1.29, 1.82) is 5.26 Å². The predicted octanol–water partition coefficient (Wildman–Crippen LogP) is 2.59. The molecule has 1 atom stereocenters. The first-order valence-electron chi connectivity index (χ1n) is 7.85. The van der Waals surface area contributed by atoms with Gasteiger partial charge in [-0.05, 0) is 28.8 Å². The molecule has 23 heavy (non-hydrogen) atoms. The van der Waals surface area contributed by atoms with Gasteiger partial charge in [-0.2, -0.15) is 5.26 Å². The molecule has 0 aromatic heterocycles. The quantitative estimate of drug-likeness (QED) is 0.943. The Morgan fingerprint density at radius 2 is 1.83 bits per heavy atom. The Labute approximate surface area is 136 Å². The van der Waals surface area contributed by atoms with Gasteiger partial charge in [-0.25, -0.2) is 0 Å². The summed E-state index contributed by atoms with van der Waals surface area (Å²) in [6, 6.07) is 17.6. The highest BCUT2D eigenvalue weighted by atomic mass is 16.5. The first-order valence-corrected chi connectivity index (χ1v) is 7.85. The number of rotatable bonds is 4. The molecule has 0 saturated carbocycles. The fraction of sp³-hybridized carbons (Fsp3) is 0.316. The molecule has 1 saturated heterocycles. The summed E-state index contributed by atoms with van der Waals surface area (Å²) in [6.45, 7) is 3.85. The third-order valence-electron chi connectivity index (χ3n) is 4.16. The molecule has 2 aromatic carbocycles. The van der Waals surface area contributed by atoms with Crippen molar-refractivity contribution < 1.29 is 9.84 Å². The monoisotopic (exact) mass is 308 g/mol. The fourth-order valence-electron chi connectivity index (χ4n) is 2.80. The number of β-amino-alcohol motifs (C(OH)–C–C–N with tert-alkyl or cyclic N) is 1. The van der Waals surface area contributed by atoms with E-state index in [-0.39, 0.29) is 0 Å². The molecule has 0 amide bonds. The van der Waals surface area contributed by atoms with Crippen LogP contribution in [0.3, 0.4) is 0 Å². The molecular formula is C19H20N2O2. The molecule has 1 heterocycles. The Morgan fingerprint density at radius 3 is 2.52 bits per heavy atom. The van der Waals surface area contributed by atoms with Gasteiger partial charge in [0.05, 0.1) is 31.0 Å². The second-order valence-electron chi connectivity index (χ2n) is 5.74. The van der Waals surface area contributed by atoms with Crippen molar-refractivity contribution in [3.63, 3.8) is 0 Å². The molecule has 1 fully saturated rings. The van der Waals surface area contributed by atoms with Crippen molar-refractivity contribution >= 4 is 0 Å². The largest absolute Gasteiger partial charge is 0.387 e. The number of nitriles is 1. The van der Waals surface area contributed by atoms with E-state index in [0.29, 0.717) is 12.1 Å². The lowest BCUT2D eigenvalue weighted by atomic mass is 10.0. The maximum Gasteiger partial charge on any atom is 0.0991 e. The van der Waals surface area contributed by atoms with Crippen LogP contribution in [0.15, 0.2) is 48.5 Å². The summed E-state index contributed by atoms with van der Waals surface area (Å²) in [5.41, 5.74) is 3.62. The van der Waals surface area contributed by atoms with E-state index in [1.54, 1.807) is 6.07 Å². The van der Waals surface area contributed by atoms with Crippen LogP contribution >= 0.6 is 0 Å². The number of aliphatic hydroxyl groups is 1. The molecule has 0 bridgehead atoms. The van der Waals surface area contributed by atoms with E-state index < -0.39 is 6.10 Å². The number of ether oxygens (including phenoxy) is 1. The minimum Gasteiger partial charge on any atom is -0.387 e. The zero-order chi connectivity index (χ0) is 16.1. The second-order valence-corrected chi connectivity index (χ2v) is 5.74. The van der Waals surface area contributed by atoms with Crippen LogP contribution in [-0.4, -0.2) is 42.9 Å². The van der Waals surface area contributed by atoms with Crippen LogP contribution in [0.1, 0.15) is 17.2 Å². The second kappa shape index (κ2) is 7.38. The molecule has 4 nitrogen and oxygen atoms in total. The predicted molar refractivity (Wildman–Crippen MR) is 88.8 cm³/mol. The normalized spacial score (nSPS) is 16.7. The Hall–Kier alpha value is -2.19. The Morgan fingerprint density at radius 1 is 1.09 bits per heavy atom. The number of morpholine rings is 1. The van der Waals surface area contributed by atoms with Gasteiger partial charge < -0.3 is 9.84 Å². The maximum absolute atomic E-state index is 10.4. The molecule has 0 spiro atoms. The lowest BCUT2D eigenvalue weighted by Gasteiger charge is -2.28. The maximum atomic E-state index is 10.4. The number of hydrogen-bond donors (Lipinski definition) is 1. The van der Waals surface area contributed by atoms with Crippen LogP contribution in [0.4, 0.5) is 0 Å². The lowest BCUT2D eigenvalue weighted by molar-refractivity contribution is 0.0143. The number of aliphatic hydroxyl groups excluding tert-OH is 1. The first kappa shape index (κ1) is 15.7. The Kier molecular flexibility index (Phi) is 5.04. The summed E-state index contributed by atoms with van der Waals surface area (Å²) in [4.78, 5) is 2.22. The zero-order valence-corrected chi connectivity index (χ0v) is 13.0. The van der Waals surface area contributed by atoms with E-state index in [2.05, 4.69) is 11.0 Å². The van der Waals surface area contributed by atoms with Crippen LogP contribution in [0, 0.1) is 11.3 Å². The van der Waals surface area contributed by atoms with E-state index in [1.807, 2.05) is 42.5 Å². The van der Waals surface area contributed by atoms with Gasteiger partial charge in [-0.3, -0.25) is 4.90 Å². The van der Waals surface area contributed by atoms with E-state index in [9.17, 15) is 5.11 Å². The van der Waals surface area contributed by atoms with Crippen molar-refractivity contribution in [3.8, 4) is 17.2 Å². The summed E-state index contributed by atoms with van der Waals surface area (Å²) >= 11 is 0. The van der Waals surface area contributed by atoms with E-state index >= 15 is 0 Å². The van der Waals surface area contributed by atoms with Crippen molar-refractivity contribution in [2.75, 3.05) is 32.8 Å². The van der Waals surface area contributed by atoms with E-state index in [0.717, 1.165) is 43.0 Å². The number of nitrogens with zero attached hydrogens (tertiary/aromatic N) is 2. The minimum absolute atomic E-state index is 0.493. The molecule has 1 aliphatic rings. The van der Waals surface area contributed by atoms with Crippen LogP contribution in [-0.2, 0) is 4.74 Å². The minimum atomic E-state index is -0.493. The van der Waals surface area contributed by atoms with Gasteiger partial charge in [0, 0.05) is 19.6 Å². The van der Waals surface area contributed by atoms with Crippen LogP contribution < -0.4 is 0 Å². The highest BCUT2D eigenvalue weighted by Gasteiger charge is 2.16. The van der Waals surface area contributed by atoms with Gasteiger partial charge in [-0.1, -0.05) is 36.4 Å². The molecule has 1 N–H and O–H groups in total. The molecule has 0 unspecified atom stereocenters. The van der Waals surface area contributed by atoms with Gasteiger partial charge in [-0.15, -0.1) is 0 Å². The molecule has 0 radical (unpaired) electrons. The zero-order valence-electron chi connectivity index (χ0n) is 13.0. The van der Waals surface area contributed by atoms with Crippen molar-refractivity contribution in [3.05, 3.63) is 59.7 Å².